The minimum absolute atomic E-state index is 0.0442. The van der Waals surface area contributed by atoms with Crippen molar-refractivity contribution in [2.45, 2.75) is 36.6 Å². The van der Waals surface area contributed by atoms with E-state index in [1.54, 1.807) is 42.3 Å². The van der Waals surface area contributed by atoms with Crippen molar-refractivity contribution in [2.75, 3.05) is 37.1 Å². The lowest BCUT2D eigenvalue weighted by Gasteiger charge is -2.24. The first kappa shape index (κ1) is 25.3. The highest BCUT2D eigenvalue weighted by Gasteiger charge is 2.44. The fourth-order valence-electron chi connectivity index (χ4n) is 5.60. The van der Waals surface area contributed by atoms with E-state index < -0.39 is 27.9 Å². The fraction of sp³-hybridized carbons (Fsp3) is 0.321. The lowest BCUT2D eigenvalue weighted by Crippen LogP contribution is -2.45. The summed E-state index contributed by atoms with van der Waals surface area (Å²) in [4.78, 5) is 41.0. The number of carbonyl (C=O) groups excluding carboxylic acids is 3. The first-order valence-electron chi connectivity index (χ1n) is 12.8. The summed E-state index contributed by atoms with van der Waals surface area (Å²) in [5.41, 5.74) is 2.48. The molecule has 3 heterocycles. The summed E-state index contributed by atoms with van der Waals surface area (Å²) in [7, 11) is -2.65. The molecule has 202 valence electrons. The lowest BCUT2D eigenvalue weighted by molar-refractivity contribution is -0.128. The van der Waals surface area contributed by atoms with Gasteiger partial charge in [0.05, 0.1) is 17.2 Å². The summed E-state index contributed by atoms with van der Waals surface area (Å²) in [6, 6.07) is 12.1. The molecule has 10 nitrogen and oxygen atoms in total. The molecule has 1 N–H and O–H groups in total. The van der Waals surface area contributed by atoms with E-state index in [0.29, 0.717) is 59.3 Å². The monoisotopic (exact) mass is 549 g/mol. The Morgan fingerprint density at radius 1 is 1.13 bits per heavy atom. The number of nitrogens with one attached hydrogen (secondary N) is 1. The second kappa shape index (κ2) is 9.65. The minimum atomic E-state index is -4.26. The third-order valence-electron chi connectivity index (χ3n) is 7.45. The number of carbonyl (C=O) groups is 3. The van der Waals surface area contributed by atoms with Gasteiger partial charge in [-0.05, 0) is 54.8 Å². The average molecular weight is 550 g/mol. The van der Waals surface area contributed by atoms with Crippen LogP contribution in [0.4, 0.5) is 11.4 Å². The van der Waals surface area contributed by atoms with Gasteiger partial charge in [0.1, 0.15) is 11.8 Å². The van der Waals surface area contributed by atoms with Gasteiger partial charge >= 0.3 is 0 Å². The number of fused-ring (bicyclic) bond motifs is 1. The van der Waals surface area contributed by atoms with Crippen LogP contribution in [-0.2, 0) is 30.8 Å². The Hall–Kier alpha value is -3.96. The maximum absolute atomic E-state index is 13.5. The molecule has 1 saturated heterocycles. The van der Waals surface area contributed by atoms with Crippen LogP contribution in [0, 0.1) is 0 Å². The zero-order valence-electron chi connectivity index (χ0n) is 21.3. The van der Waals surface area contributed by atoms with Crippen LogP contribution in [0.2, 0.25) is 0 Å². The van der Waals surface area contributed by atoms with E-state index in [1.165, 1.54) is 12.1 Å². The van der Waals surface area contributed by atoms with E-state index >= 15 is 0 Å². The van der Waals surface area contributed by atoms with E-state index in [0.717, 1.165) is 16.6 Å². The van der Waals surface area contributed by atoms with Crippen molar-refractivity contribution < 1.29 is 32.3 Å². The van der Waals surface area contributed by atoms with Crippen LogP contribution in [0.15, 0.2) is 53.4 Å². The molecule has 0 aliphatic carbocycles. The number of sulfonamides is 1. The SMILES string of the molecule is COCCCN1C(=O)c2cccc3c(NC(=O)C4CCC(=O)N4S(=O)(=O)c4ccc5c(c4)CCO5)ccc1c23. The third-order valence-corrected chi connectivity index (χ3v) is 9.28. The van der Waals surface area contributed by atoms with Crippen molar-refractivity contribution >= 4 is 49.9 Å². The first-order chi connectivity index (χ1) is 18.8. The van der Waals surface area contributed by atoms with Crippen molar-refractivity contribution in [3.05, 3.63) is 59.7 Å². The maximum Gasteiger partial charge on any atom is 0.267 e. The molecule has 3 aliphatic rings. The quantitative estimate of drug-likeness (QED) is 0.429. The van der Waals surface area contributed by atoms with Crippen molar-refractivity contribution in [3.63, 3.8) is 0 Å². The van der Waals surface area contributed by atoms with Gasteiger partial charge in [0.2, 0.25) is 11.8 Å². The van der Waals surface area contributed by atoms with E-state index in [4.69, 9.17) is 9.47 Å². The number of nitrogens with zero attached hydrogens (tertiary/aromatic N) is 2. The number of ether oxygens (including phenoxy) is 2. The van der Waals surface area contributed by atoms with Crippen LogP contribution in [0.25, 0.3) is 10.8 Å². The van der Waals surface area contributed by atoms with E-state index in [9.17, 15) is 22.8 Å². The van der Waals surface area contributed by atoms with E-state index in [-0.39, 0.29) is 23.6 Å². The summed E-state index contributed by atoms with van der Waals surface area (Å²) in [5, 5.41) is 4.23. The summed E-state index contributed by atoms with van der Waals surface area (Å²) in [6.07, 6.45) is 1.27. The van der Waals surface area contributed by atoms with Crippen molar-refractivity contribution in [2.24, 2.45) is 0 Å². The summed E-state index contributed by atoms with van der Waals surface area (Å²) >= 11 is 0. The highest BCUT2D eigenvalue weighted by molar-refractivity contribution is 7.89. The Morgan fingerprint density at radius 3 is 2.79 bits per heavy atom. The molecule has 39 heavy (non-hydrogen) atoms. The lowest BCUT2D eigenvalue weighted by atomic mass is 10.0. The highest BCUT2D eigenvalue weighted by atomic mass is 32.2. The van der Waals surface area contributed by atoms with Crippen LogP contribution in [0.3, 0.4) is 0 Å². The third kappa shape index (κ3) is 4.12. The molecule has 0 aromatic heterocycles. The molecule has 1 atom stereocenters. The Kier molecular flexibility index (Phi) is 6.27. The van der Waals surface area contributed by atoms with Gasteiger partial charge in [-0.25, -0.2) is 12.7 Å². The van der Waals surface area contributed by atoms with Gasteiger partial charge < -0.3 is 19.7 Å². The Morgan fingerprint density at radius 2 is 1.97 bits per heavy atom. The van der Waals surface area contributed by atoms with E-state index in [1.807, 2.05) is 6.07 Å². The van der Waals surface area contributed by atoms with Crippen molar-refractivity contribution in [1.82, 2.24) is 4.31 Å². The molecule has 0 spiro atoms. The van der Waals surface area contributed by atoms with Crippen molar-refractivity contribution in [3.8, 4) is 5.75 Å². The summed E-state index contributed by atoms with van der Waals surface area (Å²) in [5.74, 6) is -0.715. The van der Waals surface area contributed by atoms with Gasteiger partial charge in [0.25, 0.3) is 15.9 Å². The molecule has 0 radical (unpaired) electrons. The number of hydrogen-bond donors (Lipinski definition) is 1. The molecule has 3 aromatic rings. The highest BCUT2D eigenvalue weighted by Crippen LogP contribution is 2.41. The van der Waals surface area contributed by atoms with Gasteiger partial charge in [0.15, 0.2) is 0 Å². The summed E-state index contributed by atoms with van der Waals surface area (Å²) in [6.45, 7) is 1.49. The second-order valence-electron chi connectivity index (χ2n) is 9.77. The molecule has 0 bridgehead atoms. The number of benzene rings is 3. The van der Waals surface area contributed by atoms with Gasteiger partial charge in [-0.2, -0.15) is 0 Å². The predicted octanol–water partition coefficient (Wildman–Crippen LogP) is 3.09. The van der Waals surface area contributed by atoms with Crippen LogP contribution in [-0.4, -0.2) is 63.4 Å². The Balaban J connectivity index is 1.29. The smallest absolute Gasteiger partial charge is 0.267 e. The van der Waals surface area contributed by atoms with Gasteiger partial charge in [-0.15, -0.1) is 0 Å². The molecule has 6 rings (SSSR count). The number of methoxy groups -OCH3 is 1. The number of amides is 3. The van der Waals surface area contributed by atoms with Crippen LogP contribution in [0.5, 0.6) is 5.75 Å². The topological polar surface area (TPSA) is 122 Å². The molecule has 3 aromatic carbocycles. The van der Waals surface area contributed by atoms with Crippen molar-refractivity contribution in [1.29, 1.82) is 0 Å². The second-order valence-corrected chi connectivity index (χ2v) is 11.6. The zero-order valence-corrected chi connectivity index (χ0v) is 22.1. The predicted molar refractivity (Wildman–Crippen MR) is 143 cm³/mol. The molecule has 1 unspecified atom stereocenters. The number of rotatable bonds is 8. The first-order valence-corrected chi connectivity index (χ1v) is 14.3. The molecule has 3 amide bonds. The minimum Gasteiger partial charge on any atom is -0.493 e. The van der Waals surface area contributed by atoms with Crippen LogP contribution < -0.4 is 15.0 Å². The van der Waals surface area contributed by atoms with E-state index in [2.05, 4.69) is 5.32 Å². The average Bonchev–Trinajstić information content (AvgIpc) is 3.63. The summed E-state index contributed by atoms with van der Waals surface area (Å²) < 4.78 is 38.4. The molecule has 3 aliphatic heterocycles. The van der Waals surface area contributed by atoms with Crippen LogP contribution in [0.1, 0.15) is 35.2 Å². The Bertz CT molecular complexity index is 1640. The Labute approximate surface area is 225 Å². The normalized spacial score (nSPS) is 18.1. The molecule has 11 heteroatoms. The molecule has 1 fully saturated rings. The molecular weight excluding hydrogens is 522 g/mol. The molecule has 0 saturated carbocycles. The number of anilines is 2. The molecular formula is C28H27N3O7S. The fourth-order valence-corrected chi connectivity index (χ4v) is 7.25. The largest absolute Gasteiger partial charge is 0.493 e. The standard InChI is InChI=1S/C28H27N3O7S/c1-37-14-3-13-30-22-8-7-21(19-4-2-5-20(26(19)22)28(30)34)29-27(33)23-9-11-25(32)31(23)39(35,36)18-6-10-24-17(16-18)12-15-38-24/h2,4-8,10,16,23H,3,9,11-15H2,1H3,(H,29,33). The van der Waals surface area contributed by atoms with Crippen LogP contribution >= 0.6 is 0 Å². The number of hydrogen-bond acceptors (Lipinski definition) is 7. The zero-order chi connectivity index (χ0) is 27.3. The maximum atomic E-state index is 13.5. The van der Waals surface area contributed by atoms with Gasteiger partial charge in [0, 0.05) is 55.1 Å². The van der Waals surface area contributed by atoms with Gasteiger partial charge in [-0.3, -0.25) is 14.4 Å². The van der Waals surface area contributed by atoms with Gasteiger partial charge in [-0.1, -0.05) is 12.1 Å².